The lowest BCUT2D eigenvalue weighted by molar-refractivity contribution is -0.385. The van der Waals surface area contributed by atoms with Gasteiger partial charge in [-0.25, -0.2) is 4.39 Å². The Bertz CT molecular complexity index is 855. The highest BCUT2D eigenvalue weighted by Gasteiger charge is 2.15. The van der Waals surface area contributed by atoms with Crippen molar-refractivity contribution in [1.82, 2.24) is 0 Å². The van der Waals surface area contributed by atoms with Gasteiger partial charge in [0.25, 0.3) is 0 Å². The summed E-state index contributed by atoms with van der Waals surface area (Å²) in [6.45, 7) is 2.27. The number of ether oxygens (including phenoxy) is 1. The summed E-state index contributed by atoms with van der Waals surface area (Å²) < 4.78 is 18.4. The van der Waals surface area contributed by atoms with Gasteiger partial charge in [0.15, 0.2) is 5.75 Å². The number of benzene rings is 2. The van der Waals surface area contributed by atoms with Crippen LogP contribution in [-0.4, -0.2) is 17.4 Å². The van der Waals surface area contributed by atoms with Gasteiger partial charge < -0.3 is 10.1 Å². The van der Waals surface area contributed by atoms with Crippen LogP contribution in [0.3, 0.4) is 0 Å². The van der Waals surface area contributed by atoms with Gasteiger partial charge in [0.2, 0.25) is 5.91 Å². The lowest BCUT2D eigenvalue weighted by atomic mass is 10.1. The van der Waals surface area contributed by atoms with Gasteiger partial charge in [0.1, 0.15) is 5.82 Å². The van der Waals surface area contributed by atoms with Crippen molar-refractivity contribution in [1.29, 1.82) is 0 Å². The zero-order chi connectivity index (χ0) is 19.1. The number of nitrogens with zero attached hydrogens (tertiary/aromatic N) is 1. The molecule has 2 aromatic carbocycles. The number of amides is 1. The second-order valence-corrected chi connectivity index (χ2v) is 5.69. The van der Waals surface area contributed by atoms with Crippen molar-refractivity contribution in [2.24, 2.45) is 0 Å². The molecule has 0 saturated heterocycles. The number of nitrogens with one attached hydrogen (secondary N) is 1. The molecule has 0 fully saturated rings. The first-order chi connectivity index (χ1) is 12.4. The third kappa shape index (κ3) is 5.29. The van der Waals surface area contributed by atoms with E-state index in [0.717, 1.165) is 12.5 Å². The average molecular weight is 379 g/mol. The number of anilines is 1. The molecular formula is C18H16ClFN2O4. The van der Waals surface area contributed by atoms with Crippen molar-refractivity contribution in [3.63, 3.8) is 0 Å². The van der Waals surface area contributed by atoms with Crippen LogP contribution in [-0.2, 0) is 4.79 Å². The molecular weight excluding hydrogens is 363 g/mol. The van der Waals surface area contributed by atoms with E-state index in [-0.39, 0.29) is 16.5 Å². The summed E-state index contributed by atoms with van der Waals surface area (Å²) in [5, 5.41) is 13.6. The molecule has 2 aromatic rings. The maximum Gasteiger partial charge on any atom is 0.311 e. The second kappa shape index (κ2) is 8.96. The second-order valence-electron chi connectivity index (χ2n) is 5.28. The summed E-state index contributed by atoms with van der Waals surface area (Å²) in [6.07, 6.45) is 3.37. The number of hydrogen-bond acceptors (Lipinski definition) is 4. The van der Waals surface area contributed by atoms with E-state index in [2.05, 4.69) is 5.32 Å². The number of carbonyl (C=O) groups is 1. The first-order valence-corrected chi connectivity index (χ1v) is 8.14. The fraction of sp³-hybridized carbons (Fsp3) is 0.167. The standard InChI is InChI=1S/C18H16ClFN2O4/c1-2-9-26-17-7-3-12(10-16(17)22(24)25)4-8-18(23)21-13-5-6-15(20)14(19)11-13/h3-8,10-11H,2,9H2,1H3,(H,21,23)/b8-4+. The molecule has 0 heterocycles. The molecule has 1 amide bonds. The predicted molar refractivity (Wildman–Crippen MR) is 98.0 cm³/mol. The highest BCUT2D eigenvalue weighted by Crippen LogP contribution is 2.28. The van der Waals surface area contributed by atoms with E-state index >= 15 is 0 Å². The number of carbonyl (C=O) groups excluding carboxylic acids is 1. The first kappa shape index (κ1) is 19.4. The molecule has 26 heavy (non-hydrogen) atoms. The number of halogens is 2. The van der Waals surface area contributed by atoms with E-state index in [4.69, 9.17) is 16.3 Å². The fourth-order valence-corrected chi connectivity index (χ4v) is 2.23. The highest BCUT2D eigenvalue weighted by atomic mass is 35.5. The van der Waals surface area contributed by atoms with Crippen molar-refractivity contribution in [3.05, 3.63) is 69.0 Å². The van der Waals surface area contributed by atoms with Crippen molar-refractivity contribution in [2.75, 3.05) is 11.9 Å². The zero-order valence-corrected chi connectivity index (χ0v) is 14.6. The van der Waals surface area contributed by atoms with Crippen LogP contribution >= 0.6 is 11.6 Å². The molecule has 1 N–H and O–H groups in total. The summed E-state index contributed by atoms with van der Waals surface area (Å²) in [5.74, 6) is -0.890. The number of hydrogen-bond donors (Lipinski definition) is 1. The fourth-order valence-electron chi connectivity index (χ4n) is 2.04. The van der Waals surface area contributed by atoms with Crippen LogP contribution in [0.4, 0.5) is 15.8 Å². The predicted octanol–water partition coefficient (Wildman–Crippen LogP) is 4.83. The molecule has 136 valence electrons. The minimum absolute atomic E-state index is 0.106. The van der Waals surface area contributed by atoms with Crippen LogP contribution < -0.4 is 10.1 Å². The van der Waals surface area contributed by atoms with Crippen LogP contribution in [0.25, 0.3) is 6.08 Å². The zero-order valence-electron chi connectivity index (χ0n) is 13.9. The van der Waals surface area contributed by atoms with E-state index in [1.165, 1.54) is 36.4 Å². The van der Waals surface area contributed by atoms with Crippen LogP contribution in [0, 0.1) is 15.9 Å². The van der Waals surface area contributed by atoms with Gasteiger partial charge in [-0.3, -0.25) is 14.9 Å². The number of rotatable bonds is 7. The summed E-state index contributed by atoms with van der Waals surface area (Å²) in [7, 11) is 0. The Kier molecular flexibility index (Phi) is 6.68. The molecule has 0 aliphatic rings. The van der Waals surface area contributed by atoms with E-state index in [9.17, 15) is 19.3 Å². The Hall–Kier alpha value is -2.93. The van der Waals surface area contributed by atoms with Crippen LogP contribution in [0.5, 0.6) is 5.75 Å². The van der Waals surface area contributed by atoms with E-state index in [0.29, 0.717) is 17.9 Å². The van der Waals surface area contributed by atoms with Crippen molar-refractivity contribution < 1.29 is 18.8 Å². The van der Waals surface area contributed by atoms with Gasteiger partial charge in [-0.2, -0.15) is 0 Å². The van der Waals surface area contributed by atoms with Crippen molar-refractivity contribution in [2.45, 2.75) is 13.3 Å². The first-order valence-electron chi connectivity index (χ1n) is 7.76. The Morgan fingerprint density at radius 1 is 1.35 bits per heavy atom. The molecule has 6 nitrogen and oxygen atoms in total. The quantitative estimate of drug-likeness (QED) is 0.425. The summed E-state index contributed by atoms with van der Waals surface area (Å²) >= 11 is 5.65. The highest BCUT2D eigenvalue weighted by molar-refractivity contribution is 6.31. The molecule has 0 aromatic heterocycles. The van der Waals surface area contributed by atoms with Crippen molar-refractivity contribution >= 4 is 35.0 Å². The third-order valence-corrected chi connectivity index (χ3v) is 3.55. The smallest absolute Gasteiger partial charge is 0.311 e. The van der Waals surface area contributed by atoms with Gasteiger partial charge in [0.05, 0.1) is 16.6 Å². The molecule has 8 heteroatoms. The molecule has 0 spiro atoms. The Labute approximate surface area is 154 Å². The largest absolute Gasteiger partial charge is 0.487 e. The molecule has 0 atom stereocenters. The molecule has 2 rings (SSSR count). The number of nitro groups is 1. The molecule has 0 bridgehead atoms. The molecule has 0 aliphatic heterocycles. The molecule has 0 radical (unpaired) electrons. The molecule has 0 saturated carbocycles. The summed E-state index contributed by atoms with van der Waals surface area (Å²) in [5.41, 5.74) is 0.625. The lowest BCUT2D eigenvalue weighted by Crippen LogP contribution is -2.07. The maximum absolute atomic E-state index is 13.1. The average Bonchev–Trinajstić information content (AvgIpc) is 2.61. The molecule has 0 aliphatic carbocycles. The van der Waals surface area contributed by atoms with Gasteiger partial charge in [0, 0.05) is 17.8 Å². The van der Waals surface area contributed by atoms with Gasteiger partial charge in [-0.1, -0.05) is 24.6 Å². The maximum atomic E-state index is 13.1. The van der Waals surface area contributed by atoms with Crippen LogP contribution in [0.1, 0.15) is 18.9 Å². The number of nitro benzene ring substituents is 1. The monoisotopic (exact) mass is 378 g/mol. The van der Waals surface area contributed by atoms with Gasteiger partial charge in [-0.05, 0) is 42.3 Å². The van der Waals surface area contributed by atoms with Gasteiger partial charge >= 0.3 is 5.69 Å². The summed E-state index contributed by atoms with van der Waals surface area (Å²) in [4.78, 5) is 22.5. The van der Waals surface area contributed by atoms with E-state index < -0.39 is 16.6 Å². The third-order valence-electron chi connectivity index (χ3n) is 3.26. The normalized spacial score (nSPS) is 10.7. The van der Waals surface area contributed by atoms with Crippen LogP contribution in [0.15, 0.2) is 42.5 Å². The molecule has 0 unspecified atom stereocenters. The topological polar surface area (TPSA) is 81.5 Å². The van der Waals surface area contributed by atoms with E-state index in [1.54, 1.807) is 6.07 Å². The minimum Gasteiger partial charge on any atom is -0.487 e. The van der Waals surface area contributed by atoms with Crippen LogP contribution in [0.2, 0.25) is 5.02 Å². The van der Waals surface area contributed by atoms with Crippen molar-refractivity contribution in [3.8, 4) is 5.75 Å². The Morgan fingerprint density at radius 2 is 2.12 bits per heavy atom. The lowest BCUT2D eigenvalue weighted by Gasteiger charge is -2.06. The van der Waals surface area contributed by atoms with Gasteiger partial charge in [-0.15, -0.1) is 0 Å². The Balaban J connectivity index is 2.11. The SMILES string of the molecule is CCCOc1ccc(/C=C/C(=O)Nc2ccc(F)c(Cl)c2)cc1[N+](=O)[O-]. The minimum atomic E-state index is -0.585. The summed E-state index contributed by atoms with van der Waals surface area (Å²) in [6, 6.07) is 8.22. The Morgan fingerprint density at radius 3 is 2.77 bits per heavy atom. The van der Waals surface area contributed by atoms with E-state index in [1.807, 2.05) is 6.92 Å².